The van der Waals surface area contributed by atoms with Crippen LogP contribution in [0.15, 0.2) is 78.2 Å². The molecule has 0 saturated carbocycles. The number of amides is 1. The van der Waals surface area contributed by atoms with Gasteiger partial charge in [-0.3, -0.25) is 4.79 Å². The van der Waals surface area contributed by atoms with Gasteiger partial charge >= 0.3 is 6.18 Å². The molecule has 1 amide bonds. The lowest BCUT2D eigenvalue weighted by atomic mass is 10.2. The smallest absolute Gasteiger partial charge is 0.416 e. The molecule has 0 radical (unpaired) electrons. The standard InChI is InChI=1S/C24H16F4N2O2S/c25-18-8-4-15(5-9-18)13-32-20-10-6-16(7-11-20)23-30-21(14-33-23)22(31)29-19-3-1-2-17(12-19)24(26,27)28/h1-12,14H,13H2,(H,29,31). The van der Waals surface area contributed by atoms with Crippen molar-refractivity contribution < 1.29 is 27.1 Å². The molecule has 0 bridgehead atoms. The maximum Gasteiger partial charge on any atom is 0.416 e. The van der Waals surface area contributed by atoms with Gasteiger partial charge in [0.2, 0.25) is 0 Å². The third kappa shape index (κ3) is 5.75. The molecular formula is C24H16F4N2O2S. The van der Waals surface area contributed by atoms with Gasteiger partial charge in [0.25, 0.3) is 5.91 Å². The SMILES string of the molecule is O=C(Nc1cccc(C(F)(F)F)c1)c1csc(-c2ccc(OCc3ccc(F)cc3)cc2)n1. The molecule has 4 aromatic rings. The van der Waals surface area contributed by atoms with Crippen molar-refractivity contribution in [1.29, 1.82) is 0 Å². The Bertz CT molecular complexity index is 1250. The van der Waals surface area contributed by atoms with Crippen LogP contribution in [0.3, 0.4) is 0 Å². The summed E-state index contributed by atoms with van der Waals surface area (Å²) in [4.78, 5) is 16.7. The molecule has 33 heavy (non-hydrogen) atoms. The van der Waals surface area contributed by atoms with Gasteiger partial charge in [-0.05, 0) is 60.2 Å². The summed E-state index contributed by atoms with van der Waals surface area (Å²) in [6, 6.07) is 17.5. The lowest BCUT2D eigenvalue weighted by Crippen LogP contribution is -2.13. The summed E-state index contributed by atoms with van der Waals surface area (Å²) in [6.45, 7) is 0.288. The predicted octanol–water partition coefficient (Wildman–Crippen LogP) is 6.80. The molecule has 0 unspecified atom stereocenters. The van der Waals surface area contributed by atoms with Gasteiger partial charge in [0.15, 0.2) is 0 Å². The van der Waals surface area contributed by atoms with Crippen LogP contribution >= 0.6 is 11.3 Å². The molecule has 0 atom stereocenters. The molecule has 1 N–H and O–H groups in total. The Hall–Kier alpha value is -3.72. The highest BCUT2D eigenvalue weighted by Gasteiger charge is 2.30. The van der Waals surface area contributed by atoms with Crippen LogP contribution in [0.25, 0.3) is 10.6 Å². The lowest BCUT2D eigenvalue weighted by molar-refractivity contribution is -0.137. The number of aromatic nitrogens is 1. The number of rotatable bonds is 6. The molecular weight excluding hydrogens is 456 g/mol. The average Bonchev–Trinajstić information content (AvgIpc) is 3.29. The number of hydrogen-bond donors (Lipinski definition) is 1. The van der Waals surface area contributed by atoms with E-state index in [1.165, 1.54) is 41.0 Å². The van der Waals surface area contributed by atoms with E-state index < -0.39 is 17.6 Å². The summed E-state index contributed by atoms with van der Waals surface area (Å²) in [6.07, 6.45) is -4.50. The van der Waals surface area contributed by atoms with Gasteiger partial charge in [0.05, 0.1) is 5.56 Å². The van der Waals surface area contributed by atoms with Crippen molar-refractivity contribution in [2.45, 2.75) is 12.8 Å². The Morgan fingerprint density at radius 3 is 2.42 bits per heavy atom. The lowest BCUT2D eigenvalue weighted by Gasteiger charge is -2.09. The van der Waals surface area contributed by atoms with Crippen LogP contribution in [-0.4, -0.2) is 10.9 Å². The molecule has 0 saturated heterocycles. The summed E-state index contributed by atoms with van der Waals surface area (Å²) in [5, 5.41) is 4.56. The number of thiazole rings is 1. The Morgan fingerprint density at radius 2 is 1.73 bits per heavy atom. The molecule has 0 aliphatic heterocycles. The number of hydrogen-bond acceptors (Lipinski definition) is 4. The minimum Gasteiger partial charge on any atom is -0.489 e. The van der Waals surface area contributed by atoms with Crippen molar-refractivity contribution in [3.63, 3.8) is 0 Å². The molecule has 3 aromatic carbocycles. The summed E-state index contributed by atoms with van der Waals surface area (Å²) < 4.78 is 57.2. The molecule has 9 heteroatoms. The van der Waals surface area contributed by atoms with Gasteiger partial charge < -0.3 is 10.1 Å². The number of nitrogens with zero attached hydrogens (tertiary/aromatic N) is 1. The summed E-state index contributed by atoms with van der Waals surface area (Å²) in [5.74, 6) is -0.298. The average molecular weight is 472 g/mol. The van der Waals surface area contributed by atoms with E-state index in [-0.39, 0.29) is 23.8 Å². The number of carbonyl (C=O) groups is 1. The molecule has 0 aliphatic carbocycles. The van der Waals surface area contributed by atoms with Crippen LogP contribution in [0.1, 0.15) is 21.6 Å². The number of halogens is 4. The van der Waals surface area contributed by atoms with Crippen molar-refractivity contribution >= 4 is 22.9 Å². The van der Waals surface area contributed by atoms with E-state index in [4.69, 9.17) is 4.74 Å². The molecule has 168 valence electrons. The fraction of sp³-hybridized carbons (Fsp3) is 0.0833. The Kier molecular flexibility index (Phi) is 6.41. The first-order valence-electron chi connectivity index (χ1n) is 9.70. The summed E-state index contributed by atoms with van der Waals surface area (Å²) in [7, 11) is 0. The predicted molar refractivity (Wildman–Crippen MR) is 118 cm³/mol. The number of benzene rings is 3. The number of ether oxygens (including phenoxy) is 1. The van der Waals surface area contributed by atoms with E-state index >= 15 is 0 Å². The Morgan fingerprint density at radius 1 is 1.00 bits per heavy atom. The van der Waals surface area contributed by atoms with Crippen molar-refractivity contribution in [3.8, 4) is 16.3 Å². The highest BCUT2D eigenvalue weighted by molar-refractivity contribution is 7.13. The molecule has 1 heterocycles. The molecule has 4 rings (SSSR count). The van der Waals surface area contributed by atoms with Crippen LogP contribution < -0.4 is 10.1 Å². The van der Waals surface area contributed by atoms with Crippen LogP contribution in [0, 0.1) is 5.82 Å². The first kappa shape index (κ1) is 22.5. The first-order chi connectivity index (χ1) is 15.8. The Labute approximate surface area is 190 Å². The quantitative estimate of drug-likeness (QED) is 0.314. The van der Waals surface area contributed by atoms with Gasteiger partial charge in [0.1, 0.15) is 28.9 Å². The summed E-state index contributed by atoms with van der Waals surface area (Å²) in [5.41, 5.74) is 0.876. The van der Waals surface area contributed by atoms with Gasteiger partial charge in [-0.25, -0.2) is 9.37 Å². The number of nitrogens with one attached hydrogen (secondary N) is 1. The second kappa shape index (κ2) is 9.41. The maximum atomic E-state index is 13.0. The number of alkyl halides is 3. The Balaban J connectivity index is 1.39. The third-order valence-corrected chi connectivity index (χ3v) is 5.50. The van der Waals surface area contributed by atoms with Crippen LogP contribution in [0.4, 0.5) is 23.2 Å². The van der Waals surface area contributed by atoms with Crippen molar-refractivity contribution in [1.82, 2.24) is 4.98 Å². The summed E-state index contributed by atoms with van der Waals surface area (Å²) >= 11 is 1.24. The van der Waals surface area contributed by atoms with Gasteiger partial charge in [-0.15, -0.1) is 11.3 Å². The minimum absolute atomic E-state index is 0.0343. The van der Waals surface area contributed by atoms with Crippen molar-refractivity contribution in [2.75, 3.05) is 5.32 Å². The highest BCUT2D eigenvalue weighted by Crippen LogP contribution is 2.31. The normalized spacial score (nSPS) is 11.3. The molecule has 1 aromatic heterocycles. The van der Waals surface area contributed by atoms with Crippen LogP contribution in [0.2, 0.25) is 0 Å². The van der Waals surface area contributed by atoms with E-state index in [1.54, 1.807) is 36.4 Å². The zero-order valence-electron chi connectivity index (χ0n) is 16.9. The molecule has 0 fully saturated rings. The van der Waals surface area contributed by atoms with E-state index in [0.29, 0.717) is 10.8 Å². The second-order valence-corrected chi connectivity index (χ2v) is 7.87. The number of anilines is 1. The fourth-order valence-electron chi connectivity index (χ4n) is 2.92. The highest BCUT2D eigenvalue weighted by atomic mass is 32.1. The van der Waals surface area contributed by atoms with Crippen LogP contribution in [0.5, 0.6) is 5.75 Å². The maximum absolute atomic E-state index is 13.0. The minimum atomic E-state index is -4.50. The largest absolute Gasteiger partial charge is 0.489 e. The van der Waals surface area contributed by atoms with Crippen molar-refractivity contribution in [2.24, 2.45) is 0 Å². The molecule has 0 spiro atoms. The fourth-order valence-corrected chi connectivity index (χ4v) is 3.73. The van der Waals surface area contributed by atoms with Gasteiger partial charge in [-0.2, -0.15) is 13.2 Å². The van der Waals surface area contributed by atoms with Crippen LogP contribution in [-0.2, 0) is 12.8 Å². The zero-order valence-corrected chi connectivity index (χ0v) is 17.7. The third-order valence-electron chi connectivity index (χ3n) is 4.60. The van der Waals surface area contributed by atoms with E-state index in [9.17, 15) is 22.4 Å². The molecule has 4 nitrogen and oxygen atoms in total. The number of carbonyl (C=O) groups excluding carboxylic acids is 1. The van der Waals surface area contributed by atoms with E-state index in [2.05, 4.69) is 10.3 Å². The van der Waals surface area contributed by atoms with E-state index in [0.717, 1.165) is 23.3 Å². The first-order valence-corrected chi connectivity index (χ1v) is 10.6. The topological polar surface area (TPSA) is 51.2 Å². The van der Waals surface area contributed by atoms with Gasteiger partial charge in [-0.1, -0.05) is 18.2 Å². The van der Waals surface area contributed by atoms with Gasteiger partial charge in [0, 0.05) is 16.6 Å². The molecule has 0 aliphatic rings. The van der Waals surface area contributed by atoms with Crippen molar-refractivity contribution in [3.05, 3.63) is 101 Å². The monoisotopic (exact) mass is 472 g/mol. The van der Waals surface area contributed by atoms with E-state index in [1.807, 2.05) is 0 Å². The second-order valence-electron chi connectivity index (χ2n) is 7.01. The zero-order chi connectivity index (χ0) is 23.4.